The third-order valence-corrected chi connectivity index (χ3v) is 5.01. The first-order valence-corrected chi connectivity index (χ1v) is 9.75. The highest BCUT2D eigenvalue weighted by Gasteiger charge is 2.37. The van der Waals surface area contributed by atoms with Crippen molar-refractivity contribution < 1.29 is 19.4 Å². The third kappa shape index (κ3) is 4.69. The maximum atomic E-state index is 13.0. The Balaban J connectivity index is 1.88. The number of hydrogen-bond acceptors (Lipinski definition) is 4. The molecule has 0 bridgehead atoms. The Morgan fingerprint density at radius 2 is 1.70 bits per heavy atom. The van der Waals surface area contributed by atoms with Gasteiger partial charge in [-0.3, -0.25) is 0 Å². The molecule has 30 heavy (non-hydrogen) atoms. The zero-order valence-corrected chi connectivity index (χ0v) is 17.3. The molecule has 2 aromatic rings. The maximum absolute atomic E-state index is 13.0. The van der Waals surface area contributed by atoms with Crippen molar-refractivity contribution >= 4 is 18.0 Å². The molecule has 1 aliphatic rings. The fourth-order valence-corrected chi connectivity index (χ4v) is 3.68. The smallest absolute Gasteiger partial charge is 0.337 e. The molecule has 1 heterocycles. The van der Waals surface area contributed by atoms with Gasteiger partial charge in [-0.25, -0.2) is 9.59 Å². The first kappa shape index (κ1) is 21.1. The molecule has 0 radical (unpaired) electrons. The molecular weight excluding hydrogens is 378 g/mol. The lowest BCUT2D eigenvalue weighted by atomic mass is 9.80. The van der Waals surface area contributed by atoms with Gasteiger partial charge in [-0.15, -0.1) is 0 Å². The van der Waals surface area contributed by atoms with Crippen molar-refractivity contribution in [2.75, 3.05) is 6.61 Å². The second-order valence-corrected chi connectivity index (χ2v) is 7.27. The van der Waals surface area contributed by atoms with Gasteiger partial charge in [-0.2, -0.15) is 0 Å². The molecule has 0 saturated heterocycles. The Hall–Kier alpha value is -3.60. The average Bonchev–Trinajstić information content (AvgIpc) is 2.71. The van der Waals surface area contributed by atoms with Gasteiger partial charge < -0.3 is 15.2 Å². The molecule has 1 aliphatic heterocycles. The normalized spacial score (nSPS) is 16.6. The van der Waals surface area contributed by atoms with Crippen LogP contribution in [0.2, 0.25) is 0 Å². The lowest BCUT2D eigenvalue weighted by molar-refractivity contribution is -0.138. The van der Waals surface area contributed by atoms with Gasteiger partial charge in [0.2, 0.25) is 0 Å². The van der Waals surface area contributed by atoms with Crippen molar-refractivity contribution in [2.45, 2.75) is 26.7 Å². The number of aliphatic carboxylic acids is 1. The van der Waals surface area contributed by atoms with Crippen molar-refractivity contribution in [1.29, 1.82) is 0 Å². The highest BCUT2D eigenvalue weighted by molar-refractivity contribution is 5.99. The average molecular weight is 403 g/mol. The van der Waals surface area contributed by atoms with E-state index in [9.17, 15) is 14.7 Å². The Bertz CT molecular complexity index is 1050. The number of allylic oxidation sites excluding steroid dienone is 2. The van der Waals surface area contributed by atoms with Crippen LogP contribution >= 0.6 is 0 Å². The minimum absolute atomic E-state index is 0.0934. The first-order chi connectivity index (χ1) is 14.4. The number of hydrogen-bond donors (Lipinski definition) is 2. The summed E-state index contributed by atoms with van der Waals surface area (Å²) in [4.78, 5) is 25.0. The van der Waals surface area contributed by atoms with E-state index >= 15 is 0 Å². The molecule has 0 amide bonds. The van der Waals surface area contributed by atoms with E-state index in [1.54, 1.807) is 19.9 Å². The van der Waals surface area contributed by atoms with Crippen LogP contribution in [0.3, 0.4) is 0 Å². The number of ether oxygens (including phenoxy) is 1. The third-order valence-electron chi connectivity index (χ3n) is 5.01. The van der Waals surface area contributed by atoms with E-state index in [-0.39, 0.29) is 12.2 Å². The van der Waals surface area contributed by atoms with Crippen molar-refractivity contribution in [3.63, 3.8) is 0 Å². The van der Waals surface area contributed by atoms with E-state index in [2.05, 4.69) is 5.32 Å². The molecule has 154 valence electrons. The van der Waals surface area contributed by atoms with E-state index < -0.39 is 17.9 Å². The second-order valence-electron chi connectivity index (χ2n) is 7.27. The van der Waals surface area contributed by atoms with Gasteiger partial charge in [-0.05, 0) is 38.0 Å². The Labute approximate surface area is 176 Å². The van der Waals surface area contributed by atoms with E-state index in [1.807, 2.05) is 67.6 Å². The van der Waals surface area contributed by atoms with E-state index in [0.29, 0.717) is 17.0 Å². The molecule has 3 rings (SSSR count). The van der Waals surface area contributed by atoms with Gasteiger partial charge in [0.15, 0.2) is 0 Å². The SMILES string of the molecule is CC1=C(C(=O)O)C(c2cccc(C)c2)C(C(=O)OCC=Cc2ccccc2)=C(C)N1. The summed E-state index contributed by atoms with van der Waals surface area (Å²) in [5.74, 6) is -2.29. The predicted octanol–water partition coefficient (Wildman–Crippen LogP) is 4.57. The van der Waals surface area contributed by atoms with E-state index in [0.717, 1.165) is 16.7 Å². The van der Waals surface area contributed by atoms with Crippen molar-refractivity contribution in [3.8, 4) is 0 Å². The number of rotatable bonds is 6. The number of carboxylic acids is 1. The van der Waals surface area contributed by atoms with Gasteiger partial charge in [0, 0.05) is 11.4 Å². The zero-order valence-electron chi connectivity index (χ0n) is 17.3. The lowest BCUT2D eigenvalue weighted by Crippen LogP contribution is -2.31. The quantitative estimate of drug-likeness (QED) is 0.691. The number of benzene rings is 2. The van der Waals surface area contributed by atoms with Crippen LogP contribution in [0, 0.1) is 6.92 Å². The van der Waals surface area contributed by atoms with Crippen LogP contribution in [0.4, 0.5) is 0 Å². The molecule has 2 N–H and O–H groups in total. The summed E-state index contributed by atoms with van der Waals surface area (Å²) in [6, 6.07) is 17.3. The summed E-state index contributed by atoms with van der Waals surface area (Å²) >= 11 is 0. The minimum Gasteiger partial charge on any atom is -0.478 e. The number of nitrogens with one attached hydrogen (secondary N) is 1. The summed E-state index contributed by atoms with van der Waals surface area (Å²) in [5.41, 5.74) is 4.33. The van der Waals surface area contributed by atoms with E-state index in [1.165, 1.54) is 0 Å². The molecule has 1 atom stereocenters. The fourth-order valence-electron chi connectivity index (χ4n) is 3.68. The molecule has 0 fully saturated rings. The van der Waals surface area contributed by atoms with Crippen LogP contribution in [0.25, 0.3) is 6.08 Å². The molecule has 5 heteroatoms. The molecule has 2 aromatic carbocycles. The van der Waals surface area contributed by atoms with Gasteiger partial charge in [0.25, 0.3) is 0 Å². The highest BCUT2D eigenvalue weighted by atomic mass is 16.5. The highest BCUT2D eigenvalue weighted by Crippen LogP contribution is 2.38. The number of dihydropyridines is 1. The van der Waals surface area contributed by atoms with Gasteiger partial charge in [0.1, 0.15) is 6.61 Å². The number of carbonyl (C=O) groups excluding carboxylic acids is 1. The number of esters is 1. The molecule has 5 nitrogen and oxygen atoms in total. The molecule has 0 spiro atoms. The Morgan fingerprint density at radius 3 is 2.37 bits per heavy atom. The van der Waals surface area contributed by atoms with Crippen molar-refractivity contribution in [3.05, 3.63) is 99.9 Å². The summed E-state index contributed by atoms with van der Waals surface area (Å²) in [6.07, 6.45) is 3.64. The number of aryl methyl sites for hydroxylation is 1. The molecule has 0 saturated carbocycles. The summed E-state index contributed by atoms with van der Waals surface area (Å²) in [5, 5.41) is 12.9. The number of carbonyl (C=O) groups is 2. The molecule has 1 unspecified atom stereocenters. The van der Waals surface area contributed by atoms with Gasteiger partial charge >= 0.3 is 11.9 Å². The van der Waals surface area contributed by atoms with Crippen LogP contribution in [-0.4, -0.2) is 23.7 Å². The maximum Gasteiger partial charge on any atom is 0.337 e. The standard InChI is InChI=1S/C25H25NO4/c1-16-9-7-13-20(15-16)23-21(24(27)28)17(2)26-18(3)22(23)25(29)30-14-8-12-19-10-5-4-6-11-19/h4-13,15,23,26H,14H2,1-3H3,(H,27,28). The summed E-state index contributed by atoms with van der Waals surface area (Å²) < 4.78 is 5.48. The topological polar surface area (TPSA) is 75.6 Å². The fraction of sp³-hybridized carbons (Fsp3) is 0.200. The van der Waals surface area contributed by atoms with Crippen LogP contribution in [0.15, 0.2) is 83.2 Å². The molecular formula is C25H25NO4. The minimum atomic E-state index is -1.06. The predicted molar refractivity (Wildman–Crippen MR) is 117 cm³/mol. The molecule has 0 aromatic heterocycles. The number of carboxylic acid groups (broad SMARTS) is 1. The Kier molecular flexibility index (Phi) is 6.52. The first-order valence-electron chi connectivity index (χ1n) is 9.75. The van der Waals surface area contributed by atoms with Crippen molar-refractivity contribution in [2.24, 2.45) is 0 Å². The van der Waals surface area contributed by atoms with Crippen LogP contribution in [-0.2, 0) is 14.3 Å². The largest absolute Gasteiger partial charge is 0.478 e. The summed E-state index contributed by atoms with van der Waals surface area (Å²) in [7, 11) is 0. The van der Waals surface area contributed by atoms with Crippen LogP contribution in [0.5, 0.6) is 0 Å². The Morgan fingerprint density at radius 1 is 1.00 bits per heavy atom. The van der Waals surface area contributed by atoms with Gasteiger partial charge in [-0.1, -0.05) is 66.2 Å². The monoisotopic (exact) mass is 403 g/mol. The zero-order chi connectivity index (χ0) is 21.7. The van der Waals surface area contributed by atoms with Crippen molar-refractivity contribution in [1.82, 2.24) is 5.32 Å². The van der Waals surface area contributed by atoms with E-state index in [4.69, 9.17) is 4.74 Å². The summed E-state index contributed by atoms with van der Waals surface area (Å²) in [6.45, 7) is 5.50. The van der Waals surface area contributed by atoms with Crippen LogP contribution < -0.4 is 5.32 Å². The lowest BCUT2D eigenvalue weighted by Gasteiger charge is -2.29. The second kappa shape index (κ2) is 9.27. The van der Waals surface area contributed by atoms with Gasteiger partial charge in [0.05, 0.1) is 17.1 Å². The molecule has 0 aliphatic carbocycles. The van der Waals surface area contributed by atoms with Crippen LogP contribution in [0.1, 0.15) is 36.5 Å².